The lowest BCUT2D eigenvalue weighted by Gasteiger charge is -2.30. The van der Waals surface area contributed by atoms with Gasteiger partial charge in [0.2, 0.25) is 24.4 Å². The van der Waals surface area contributed by atoms with Crippen molar-refractivity contribution >= 4 is 5.91 Å². The van der Waals surface area contributed by atoms with Crippen LogP contribution < -0.4 is 24.3 Å². The van der Waals surface area contributed by atoms with Gasteiger partial charge in [-0.25, -0.2) is 0 Å². The number of nitrogens with one attached hydrogen (secondary N) is 1. The Morgan fingerprint density at radius 1 is 1.11 bits per heavy atom. The Hall–Kier alpha value is -3.79. The number of piperidine rings is 1. The minimum atomic E-state index is -0.0917. The molecule has 3 aromatic rings. The van der Waals surface area contributed by atoms with Crippen molar-refractivity contribution in [2.24, 2.45) is 5.92 Å². The van der Waals surface area contributed by atoms with Crippen LogP contribution >= 0.6 is 0 Å². The zero-order chi connectivity index (χ0) is 24.2. The van der Waals surface area contributed by atoms with E-state index in [0.717, 1.165) is 36.3 Å². The Bertz CT molecular complexity index is 1200. The smallest absolute Gasteiger partial charge is 0.241 e. The number of methoxy groups -OCH3 is 2. The highest BCUT2D eigenvalue weighted by molar-refractivity contribution is 5.79. The quantitative estimate of drug-likeness (QED) is 0.520. The Kier molecular flexibility index (Phi) is 6.71. The first kappa shape index (κ1) is 23.0. The van der Waals surface area contributed by atoms with Gasteiger partial charge in [0.15, 0.2) is 23.0 Å². The van der Waals surface area contributed by atoms with E-state index in [4.69, 9.17) is 23.5 Å². The van der Waals surface area contributed by atoms with Crippen LogP contribution in [0, 0.1) is 5.92 Å². The van der Waals surface area contributed by atoms with Crippen molar-refractivity contribution in [3.05, 3.63) is 47.9 Å². The number of likely N-dealkylation sites (tertiary alicyclic amines) is 1. The molecule has 1 fully saturated rings. The number of hydrogen-bond donors (Lipinski definition) is 1. The van der Waals surface area contributed by atoms with Gasteiger partial charge in [-0.3, -0.25) is 9.69 Å². The molecule has 1 unspecified atom stereocenters. The minimum absolute atomic E-state index is 0.0453. The maximum absolute atomic E-state index is 12.8. The molecule has 184 valence electrons. The average molecular weight is 481 g/mol. The molecule has 1 atom stereocenters. The third kappa shape index (κ3) is 5.17. The molecule has 0 spiro atoms. The van der Waals surface area contributed by atoms with E-state index in [-0.39, 0.29) is 18.6 Å². The molecule has 10 heteroatoms. The van der Waals surface area contributed by atoms with E-state index in [0.29, 0.717) is 48.6 Å². The number of aromatic nitrogens is 2. The Morgan fingerprint density at radius 2 is 1.97 bits per heavy atom. The monoisotopic (exact) mass is 480 g/mol. The molecule has 2 aliphatic rings. The molecule has 0 saturated carbocycles. The Morgan fingerprint density at radius 3 is 2.83 bits per heavy atom. The lowest BCUT2D eigenvalue weighted by molar-refractivity contribution is -0.127. The molecule has 2 aromatic carbocycles. The van der Waals surface area contributed by atoms with Gasteiger partial charge in [0.25, 0.3) is 0 Å². The second kappa shape index (κ2) is 10.2. The van der Waals surface area contributed by atoms with Gasteiger partial charge in [-0.1, -0.05) is 11.2 Å². The lowest BCUT2D eigenvalue weighted by Crippen LogP contribution is -2.42. The standard InChI is InChI=1S/C25H28N4O6/c1-31-19-8-6-17(11-21(19)32-2)24-27-23(35-28-24)14-29-9-3-4-18(13-29)25(30)26-12-16-5-7-20-22(10-16)34-15-33-20/h5-8,10-11,18H,3-4,9,12-15H2,1-2H3,(H,26,30). The SMILES string of the molecule is COc1ccc(-c2noc(CN3CCCC(C(=O)NCc4ccc5c(c4)OCO5)C3)n2)cc1OC. The first-order valence-electron chi connectivity index (χ1n) is 11.6. The molecule has 0 bridgehead atoms. The predicted molar refractivity (Wildman–Crippen MR) is 125 cm³/mol. The van der Waals surface area contributed by atoms with Gasteiger partial charge in [0, 0.05) is 18.7 Å². The summed E-state index contributed by atoms with van der Waals surface area (Å²) in [4.78, 5) is 19.6. The summed E-state index contributed by atoms with van der Waals surface area (Å²) in [6, 6.07) is 11.2. The number of carbonyl (C=O) groups excluding carboxylic acids is 1. The highest BCUT2D eigenvalue weighted by atomic mass is 16.7. The molecule has 1 saturated heterocycles. The van der Waals surface area contributed by atoms with E-state index in [1.165, 1.54) is 0 Å². The van der Waals surface area contributed by atoms with E-state index >= 15 is 0 Å². The third-order valence-electron chi connectivity index (χ3n) is 6.25. The number of rotatable bonds is 8. The van der Waals surface area contributed by atoms with Crippen LogP contribution in [0.25, 0.3) is 11.4 Å². The van der Waals surface area contributed by atoms with Gasteiger partial charge in [-0.2, -0.15) is 4.98 Å². The summed E-state index contributed by atoms with van der Waals surface area (Å²) >= 11 is 0. The molecule has 1 amide bonds. The van der Waals surface area contributed by atoms with Crippen LogP contribution in [0.2, 0.25) is 0 Å². The summed E-state index contributed by atoms with van der Waals surface area (Å²) in [5.41, 5.74) is 1.75. The van der Waals surface area contributed by atoms with Crippen molar-refractivity contribution in [1.82, 2.24) is 20.4 Å². The number of benzene rings is 2. The van der Waals surface area contributed by atoms with Crippen LogP contribution in [0.5, 0.6) is 23.0 Å². The van der Waals surface area contributed by atoms with Crippen LogP contribution in [0.1, 0.15) is 24.3 Å². The number of carbonyl (C=O) groups is 1. The first-order chi connectivity index (χ1) is 17.1. The van der Waals surface area contributed by atoms with Crippen molar-refractivity contribution in [2.45, 2.75) is 25.9 Å². The van der Waals surface area contributed by atoms with E-state index < -0.39 is 0 Å². The second-order valence-corrected chi connectivity index (χ2v) is 8.56. The molecule has 1 N–H and O–H groups in total. The van der Waals surface area contributed by atoms with Gasteiger partial charge in [-0.05, 0) is 55.3 Å². The van der Waals surface area contributed by atoms with Crippen molar-refractivity contribution in [3.63, 3.8) is 0 Å². The van der Waals surface area contributed by atoms with Gasteiger partial charge in [0.1, 0.15) is 0 Å². The van der Waals surface area contributed by atoms with Crippen LogP contribution in [0.15, 0.2) is 40.9 Å². The minimum Gasteiger partial charge on any atom is -0.493 e. The maximum atomic E-state index is 12.8. The van der Waals surface area contributed by atoms with Crippen molar-refractivity contribution < 1.29 is 28.3 Å². The summed E-state index contributed by atoms with van der Waals surface area (Å²) in [5.74, 6) is 3.63. The Balaban J connectivity index is 1.16. The highest BCUT2D eigenvalue weighted by Crippen LogP contribution is 2.33. The van der Waals surface area contributed by atoms with Crippen molar-refractivity contribution in [1.29, 1.82) is 0 Å². The van der Waals surface area contributed by atoms with Crippen LogP contribution in [-0.4, -0.2) is 55.0 Å². The van der Waals surface area contributed by atoms with Gasteiger partial charge < -0.3 is 28.8 Å². The maximum Gasteiger partial charge on any atom is 0.241 e. The topological polar surface area (TPSA) is 108 Å². The average Bonchev–Trinajstić information content (AvgIpc) is 3.56. The molecular formula is C25H28N4O6. The first-order valence-corrected chi connectivity index (χ1v) is 11.6. The molecule has 1 aromatic heterocycles. The van der Waals surface area contributed by atoms with Gasteiger partial charge in [0.05, 0.1) is 26.7 Å². The molecule has 35 heavy (non-hydrogen) atoms. The molecule has 2 aliphatic heterocycles. The highest BCUT2D eigenvalue weighted by Gasteiger charge is 2.27. The number of fused-ring (bicyclic) bond motifs is 1. The summed E-state index contributed by atoms with van der Waals surface area (Å²) in [5, 5.41) is 7.17. The summed E-state index contributed by atoms with van der Waals surface area (Å²) in [7, 11) is 3.18. The number of amides is 1. The molecule has 3 heterocycles. The summed E-state index contributed by atoms with van der Waals surface area (Å²) in [6.45, 7) is 2.69. The summed E-state index contributed by atoms with van der Waals surface area (Å²) in [6.07, 6.45) is 1.78. The molecular weight excluding hydrogens is 452 g/mol. The zero-order valence-electron chi connectivity index (χ0n) is 19.8. The number of ether oxygens (including phenoxy) is 4. The van der Waals surface area contributed by atoms with E-state index in [2.05, 4.69) is 20.4 Å². The lowest BCUT2D eigenvalue weighted by atomic mass is 9.97. The van der Waals surface area contributed by atoms with Gasteiger partial charge >= 0.3 is 0 Å². The van der Waals surface area contributed by atoms with E-state index in [1.54, 1.807) is 14.2 Å². The van der Waals surface area contributed by atoms with Crippen molar-refractivity contribution in [2.75, 3.05) is 34.1 Å². The fourth-order valence-electron chi connectivity index (χ4n) is 4.40. The van der Waals surface area contributed by atoms with Crippen molar-refractivity contribution in [3.8, 4) is 34.4 Å². The Labute approximate surface area is 203 Å². The fraction of sp³-hybridized carbons (Fsp3) is 0.400. The van der Waals surface area contributed by atoms with Gasteiger partial charge in [-0.15, -0.1) is 0 Å². The van der Waals surface area contributed by atoms with Crippen LogP contribution in [0.3, 0.4) is 0 Å². The molecule has 10 nitrogen and oxygen atoms in total. The molecule has 0 radical (unpaired) electrons. The normalized spacial score (nSPS) is 17.3. The predicted octanol–water partition coefficient (Wildman–Crippen LogP) is 3.01. The zero-order valence-corrected chi connectivity index (χ0v) is 19.8. The summed E-state index contributed by atoms with van der Waals surface area (Å²) < 4.78 is 26.9. The largest absolute Gasteiger partial charge is 0.493 e. The molecule has 5 rings (SSSR count). The van der Waals surface area contributed by atoms with E-state index in [9.17, 15) is 4.79 Å². The van der Waals surface area contributed by atoms with E-state index in [1.807, 2.05) is 36.4 Å². The second-order valence-electron chi connectivity index (χ2n) is 8.56. The fourth-order valence-corrected chi connectivity index (χ4v) is 4.40. The third-order valence-corrected chi connectivity index (χ3v) is 6.25. The molecule has 0 aliphatic carbocycles. The van der Waals surface area contributed by atoms with Crippen LogP contribution in [-0.2, 0) is 17.9 Å². The number of nitrogens with zero attached hydrogens (tertiary/aromatic N) is 3. The number of hydrogen-bond acceptors (Lipinski definition) is 9. The van der Waals surface area contributed by atoms with Crippen LogP contribution in [0.4, 0.5) is 0 Å².